The number of amides is 1. The van der Waals surface area contributed by atoms with Gasteiger partial charge in [-0.25, -0.2) is 0 Å². The van der Waals surface area contributed by atoms with Crippen LogP contribution in [-0.4, -0.2) is 17.8 Å². The van der Waals surface area contributed by atoms with Crippen LogP contribution < -0.4 is 20.1 Å². The van der Waals surface area contributed by atoms with Gasteiger partial charge in [-0.3, -0.25) is 10.1 Å². The summed E-state index contributed by atoms with van der Waals surface area (Å²) in [7, 11) is 0. The molecular formula is C15H11IN2O3S. The van der Waals surface area contributed by atoms with Gasteiger partial charge in [-0.05, 0) is 65.1 Å². The van der Waals surface area contributed by atoms with Gasteiger partial charge in [-0.15, -0.1) is 0 Å². The fourth-order valence-electron chi connectivity index (χ4n) is 1.93. The maximum absolute atomic E-state index is 12.2. The summed E-state index contributed by atoms with van der Waals surface area (Å²) in [5.74, 6) is 0.891. The van der Waals surface area contributed by atoms with E-state index in [0.717, 1.165) is 9.26 Å². The lowest BCUT2D eigenvalue weighted by Gasteiger charge is -2.11. The maximum atomic E-state index is 12.2. The first-order chi connectivity index (χ1) is 10.6. The van der Waals surface area contributed by atoms with Crippen LogP contribution in [-0.2, 0) is 0 Å². The van der Waals surface area contributed by atoms with Crippen LogP contribution in [0.25, 0.3) is 0 Å². The number of ether oxygens (including phenoxy) is 2. The van der Waals surface area contributed by atoms with Crippen LogP contribution in [0.5, 0.6) is 11.5 Å². The highest BCUT2D eigenvalue weighted by atomic mass is 127. The number of fused-ring (bicyclic) bond motifs is 1. The zero-order valence-electron chi connectivity index (χ0n) is 11.3. The van der Waals surface area contributed by atoms with Crippen molar-refractivity contribution in [3.05, 3.63) is 51.6 Å². The number of hydrogen-bond acceptors (Lipinski definition) is 4. The fourth-order valence-corrected chi connectivity index (χ4v) is 2.65. The van der Waals surface area contributed by atoms with E-state index in [2.05, 4.69) is 33.2 Å². The second-order valence-electron chi connectivity index (χ2n) is 4.46. The average molecular weight is 426 g/mol. The predicted molar refractivity (Wildman–Crippen MR) is 95.4 cm³/mol. The van der Waals surface area contributed by atoms with Crippen LogP contribution in [0.3, 0.4) is 0 Å². The second kappa shape index (κ2) is 6.49. The largest absolute Gasteiger partial charge is 0.454 e. The van der Waals surface area contributed by atoms with E-state index in [-0.39, 0.29) is 17.8 Å². The number of hydrogen-bond donors (Lipinski definition) is 2. The standard InChI is InChI=1S/C15H11IN2O3S/c16-10-3-1-2-4-11(10)17-15(22)18-14(19)9-5-6-12-13(7-9)21-8-20-12/h1-7H,8H2,(H2,17,18,19,22). The number of anilines is 1. The smallest absolute Gasteiger partial charge is 0.257 e. The summed E-state index contributed by atoms with van der Waals surface area (Å²) < 4.78 is 11.5. The molecule has 1 amide bonds. The summed E-state index contributed by atoms with van der Waals surface area (Å²) in [5.41, 5.74) is 1.30. The van der Waals surface area contributed by atoms with Gasteiger partial charge in [0.25, 0.3) is 5.91 Å². The first kappa shape index (κ1) is 15.0. The Hall–Kier alpha value is -1.87. The Labute approximate surface area is 146 Å². The third-order valence-electron chi connectivity index (χ3n) is 2.98. The molecular weight excluding hydrogens is 415 g/mol. The van der Waals surface area contributed by atoms with Crippen LogP contribution in [0.4, 0.5) is 5.69 Å². The molecule has 0 unspecified atom stereocenters. The van der Waals surface area contributed by atoms with Gasteiger partial charge in [0.1, 0.15) is 0 Å². The molecule has 2 aromatic carbocycles. The SMILES string of the molecule is O=C(NC(=S)Nc1ccccc1I)c1ccc2c(c1)OCO2. The van der Waals surface area contributed by atoms with Gasteiger partial charge >= 0.3 is 0 Å². The molecule has 0 bridgehead atoms. The highest BCUT2D eigenvalue weighted by molar-refractivity contribution is 14.1. The van der Waals surface area contributed by atoms with E-state index in [0.29, 0.717) is 17.1 Å². The number of carbonyl (C=O) groups excluding carboxylic acids is 1. The lowest BCUT2D eigenvalue weighted by atomic mass is 10.2. The summed E-state index contributed by atoms with van der Waals surface area (Å²) in [6, 6.07) is 12.7. The van der Waals surface area contributed by atoms with Crippen molar-refractivity contribution < 1.29 is 14.3 Å². The number of thiocarbonyl (C=S) groups is 1. The van der Waals surface area contributed by atoms with Gasteiger partial charge in [-0.1, -0.05) is 12.1 Å². The quantitative estimate of drug-likeness (QED) is 0.571. The Bertz CT molecular complexity index is 751. The molecule has 22 heavy (non-hydrogen) atoms. The van der Waals surface area contributed by atoms with Crippen LogP contribution in [0.2, 0.25) is 0 Å². The molecule has 0 saturated carbocycles. The van der Waals surface area contributed by atoms with Crippen molar-refractivity contribution in [2.75, 3.05) is 12.1 Å². The van der Waals surface area contributed by atoms with Gasteiger partial charge in [0.15, 0.2) is 16.6 Å². The number of rotatable bonds is 2. The van der Waals surface area contributed by atoms with Crippen molar-refractivity contribution >= 4 is 51.5 Å². The summed E-state index contributed by atoms with van der Waals surface area (Å²) in [4.78, 5) is 12.2. The van der Waals surface area contributed by atoms with Crippen molar-refractivity contribution in [2.45, 2.75) is 0 Å². The van der Waals surface area contributed by atoms with Crippen molar-refractivity contribution in [3.63, 3.8) is 0 Å². The van der Waals surface area contributed by atoms with Crippen LogP contribution in [0, 0.1) is 3.57 Å². The topological polar surface area (TPSA) is 59.6 Å². The molecule has 0 spiro atoms. The van der Waals surface area contributed by atoms with Crippen molar-refractivity contribution in [1.29, 1.82) is 0 Å². The minimum Gasteiger partial charge on any atom is -0.454 e. The third-order valence-corrected chi connectivity index (χ3v) is 4.13. The van der Waals surface area contributed by atoms with Crippen LogP contribution in [0.1, 0.15) is 10.4 Å². The van der Waals surface area contributed by atoms with E-state index in [9.17, 15) is 4.79 Å². The van der Waals surface area contributed by atoms with Crippen molar-refractivity contribution in [1.82, 2.24) is 5.32 Å². The van der Waals surface area contributed by atoms with E-state index in [1.165, 1.54) is 0 Å². The lowest BCUT2D eigenvalue weighted by Crippen LogP contribution is -2.34. The molecule has 0 aliphatic carbocycles. The third kappa shape index (κ3) is 3.30. The van der Waals surface area contributed by atoms with Crippen molar-refractivity contribution in [3.8, 4) is 11.5 Å². The molecule has 0 atom stereocenters. The Morgan fingerprint density at radius 3 is 2.73 bits per heavy atom. The fraction of sp³-hybridized carbons (Fsp3) is 0.0667. The maximum Gasteiger partial charge on any atom is 0.257 e. The second-order valence-corrected chi connectivity index (χ2v) is 6.03. The summed E-state index contributed by atoms with van der Waals surface area (Å²) in [6.07, 6.45) is 0. The summed E-state index contributed by atoms with van der Waals surface area (Å²) in [6.45, 7) is 0.173. The van der Waals surface area contributed by atoms with Crippen LogP contribution >= 0.6 is 34.8 Å². The molecule has 5 nitrogen and oxygen atoms in total. The van der Waals surface area contributed by atoms with E-state index in [4.69, 9.17) is 21.7 Å². The van der Waals surface area contributed by atoms with Crippen LogP contribution in [0.15, 0.2) is 42.5 Å². The molecule has 1 heterocycles. The molecule has 0 fully saturated rings. The number of para-hydroxylation sites is 1. The van der Waals surface area contributed by atoms with Gasteiger partial charge in [-0.2, -0.15) is 0 Å². The van der Waals surface area contributed by atoms with E-state index < -0.39 is 0 Å². The molecule has 0 aromatic heterocycles. The van der Waals surface area contributed by atoms with Gasteiger partial charge in [0.05, 0.1) is 5.69 Å². The molecule has 1 aliphatic heterocycles. The molecule has 0 saturated heterocycles. The molecule has 1 aliphatic rings. The van der Waals surface area contributed by atoms with E-state index in [1.54, 1.807) is 18.2 Å². The Morgan fingerprint density at radius 1 is 1.14 bits per heavy atom. The molecule has 112 valence electrons. The zero-order chi connectivity index (χ0) is 15.5. The molecule has 3 rings (SSSR count). The molecule has 0 radical (unpaired) electrons. The molecule has 7 heteroatoms. The predicted octanol–water partition coefficient (Wildman–Crippen LogP) is 3.15. The lowest BCUT2D eigenvalue weighted by molar-refractivity contribution is 0.0977. The van der Waals surface area contributed by atoms with Gasteiger partial charge < -0.3 is 14.8 Å². The summed E-state index contributed by atoms with van der Waals surface area (Å²) in [5, 5.41) is 5.89. The molecule has 2 aromatic rings. The number of halogens is 1. The first-order valence-corrected chi connectivity index (χ1v) is 7.89. The minimum absolute atomic E-state index is 0.173. The van der Waals surface area contributed by atoms with Gasteiger partial charge in [0.2, 0.25) is 6.79 Å². The average Bonchev–Trinajstić information content (AvgIpc) is 2.97. The number of carbonyl (C=O) groups is 1. The van der Waals surface area contributed by atoms with E-state index in [1.807, 2.05) is 24.3 Å². The summed E-state index contributed by atoms with van der Waals surface area (Å²) >= 11 is 7.36. The zero-order valence-corrected chi connectivity index (χ0v) is 14.2. The van der Waals surface area contributed by atoms with Crippen molar-refractivity contribution in [2.24, 2.45) is 0 Å². The minimum atomic E-state index is -0.304. The van der Waals surface area contributed by atoms with E-state index >= 15 is 0 Å². The highest BCUT2D eigenvalue weighted by Gasteiger charge is 2.16. The monoisotopic (exact) mass is 426 g/mol. The van der Waals surface area contributed by atoms with Gasteiger partial charge in [0, 0.05) is 9.13 Å². The molecule has 2 N–H and O–H groups in total. The Kier molecular flexibility index (Phi) is 4.44. The number of benzene rings is 2. The Balaban J connectivity index is 1.66. The number of nitrogens with one attached hydrogen (secondary N) is 2. The first-order valence-electron chi connectivity index (χ1n) is 6.40. The Morgan fingerprint density at radius 2 is 1.91 bits per heavy atom. The normalized spacial score (nSPS) is 11.9. The highest BCUT2D eigenvalue weighted by Crippen LogP contribution is 2.32.